The Kier molecular flexibility index (Phi) is 3.05. The molecule has 4 aliphatic carbocycles. The molecule has 0 aromatic carbocycles. The number of allylic oxidation sites excluding steroid dienone is 1. The maximum atomic E-state index is 12.4. The molecule has 1 aromatic rings. The number of carbonyl (C=O) groups excluding carboxylic acids is 1. The fraction of sp³-hybridized carbons (Fsp3) is 0.667. The molecule has 0 saturated heterocycles. The molecule has 0 aliphatic heterocycles. The highest BCUT2D eigenvalue weighted by Crippen LogP contribution is 2.61. The third-order valence-corrected chi connectivity index (χ3v) is 5.90. The number of carbonyl (C=O) groups is 1. The average molecular weight is 284 g/mol. The molecule has 0 N–H and O–H groups in total. The minimum Gasteiger partial charge on any atom is -0.295 e. The highest BCUT2D eigenvalue weighted by molar-refractivity contribution is 5.94. The van der Waals surface area contributed by atoms with E-state index in [1.54, 1.807) is 17.0 Å². The van der Waals surface area contributed by atoms with Crippen LogP contribution in [0.15, 0.2) is 18.5 Å². The van der Waals surface area contributed by atoms with Gasteiger partial charge in [0.1, 0.15) is 0 Å². The molecule has 0 atom stereocenters. The Bertz CT molecular complexity index is 549. The number of ketones is 1. The maximum Gasteiger partial charge on any atom is 0.156 e. The summed E-state index contributed by atoms with van der Waals surface area (Å²) in [6, 6.07) is 0. The first kappa shape index (κ1) is 13.3. The zero-order valence-electron chi connectivity index (χ0n) is 12.8. The van der Waals surface area contributed by atoms with Gasteiger partial charge in [0.2, 0.25) is 0 Å². The van der Waals surface area contributed by atoms with Crippen LogP contribution in [-0.4, -0.2) is 15.6 Å². The molecule has 1 heterocycles. The van der Waals surface area contributed by atoms with Crippen LogP contribution in [-0.2, 0) is 11.8 Å². The predicted octanol–water partition coefficient (Wildman–Crippen LogP) is 3.61. The van der Waals surface area contributed by atoms with Crippen molar-refractivity contribution in [2.24, 2.45) is 30.2 Å². The maximum absolute atomic E-state index is 12.4. The standard InChI is InChI=1S/C18H24N2O/c1-20-12-13(11-19-20)2-3-17(21)10-18-7-14-4-15(8-18)6-16(5-14)9-18/h2-3,11-12,14-16H,4-10H2,1H3/b3-2+. The molecular weight excluding hydrogens is 260 g/mol. The lowest BCUT2D eigenvalue weighted by molar-refractivity contribution is -0.122. The third-order valence-electron chi connectivity index (χ3n) is 5.90. The van der Waals surface area contributed by atoms with Gasteiger partial charge in [0.05, 0.1) is 6.20 Å². The summed E-state index contributed by atoms with van der Waals surface area (Å²) in [4.78, 5) is 12.4. The number of aromatic nitrogens is 2. The summed E-state index contributed by atoms with van der Waals surface area (Å²) in [5, 5.41) is 4.13. The van der Waals surface area contributed by atoms with Crippen molar-refractivity contribution in [2.75, 3.05) is 0 Å². The van der Waals surface area contributed by atoms with Crippen molar-refractivity contribution in [1.29, 1.82) is 0 Å². The van der Waals surface area contributed by atoms with Gasteiger partial charge in [-0.2, -0.15) is 5.10 Å². The van der Waals surface area contributed by atoms with Gasteiger partial charge in [-0.15, -0.1) is 0 Å². The molecule has 21 heavy (non-hydrogen) atoms. The minimum absolute atomic E-state index is 0.306. The summed E-state index contributed by atoms with van der Waals surface area (Å²) < 4.78 is 1.77. The SMILES string of the molecule is Cn1cc(/C=C/C(=O)CC23CC4CC(CC(C4)C2)C3)cn1. The summed E-state index contributed by atoms with van der Waals surface area (Å²) >= 11 is 0. The van der Waals surface area contributed by atoms with Crippen molar-refractivity contribution >= 4 is 11.9 Å². The smallest absolute Gasteiger partial charge is 0.156 e. The first-order valence-electron chi connectivity index (χ1n) is 8.30. The largest absolute Gasteiger partial charge is 0.295 e. The first-order chi connectivity index (χ1) is 10.1. The summed E-state index contributed by atoms with van der Waals surface area (Å²) in [5.41, 5.74) is 1.36. The lowest BCUT2D eigenvalue weighted by Gasteiger charge is -2.56. The molecule has 1 aromatic heterocycles. The molecule has 0 amide bonds. The van der Waals surface area contributed by atoms with Crippen molar-refractivity contribution in [3.63, 3.8) is 0 Å². The number of nitrogens with zero attached hydrogens (tertiary/aromatic N) is 2. The van der Waals surface area contributed by atoms with Crippen molar-refractivity contribution in [3.05, 3.63) is 24.0 Å². The number of rotatable bonds is 4. The number of aryl methyl sites for hydroxylation is 1. The number of hydrogen-bond donors (Lipinski definition) is 0. The van der Waals surface area contributed by atoms with E-state index in [4.69, 9.17) is 0 Å². The van der Waals surface area contributed by atoms with Gasteiger partial charge in [0.15, 0.2) is 5.78 Å². The van der Waals surface area contributed by atoms with Gasteiger partial charge in [0.25, 0.3) is 0 Å². The van der Waals surface area contributed by atoms with E-state index < -0.39 is 0 Å². The van der Waals surface area contributed by atoms with Crippen molar-refractivity contribution in [2.45, 2.75) is 44.9 Å². The highest BCUT2D eigenvalue weighted by Gasteiger charge is 2.51. The zero-order valence-corrected chi connectivity index (χ0v) is 12.8. The van der Waals surface area contributed by atoms with E-state index in [0.29, 0.717) is 11.2 Å². The van der Waals surface area contributed by atoms with E-state index in [-0.39, 0.29) is 0 Å². The molecule has 4 saturated carbocycles. The van der Waals surface area contributed by atoms with Crippen LogP contribution in [0.4, 0.5) is 0 Å². The number of hydrogen-bond acceptors (Lipinski definition) is 2. The third kappa shape index (κ3) is 2.58. The van der Waals surface area contributed by atoms with Crippen LogP contribution < -0.4 is 0 Å². The van der Waals surface area contributed by atoms with E-state index in [1.165, 1.54) is 38.5 Å². The molecule has 5 rings (SSSR count). The topological polar surface area (TPSA) is 34.9 Å². The average Bonchev–Trinajstić information content (AvgIpc) is 2.80. The van der Waals surface area contributed by atoms with Crippen molar-refractivity contribution in [1.82, 2.24) is 9.78 Å². The molecule has 112 valence electrons. The highest BCUT2D eigenvalue weighted by atomic mass is 16.1. The van der Waals surface area contributed by atoms with Gasteiger partial charge in [-0.25, -0.2) is 0 Å². The first-order valence-corrected chi connectivity index (χ1v) is 8.30. The van der Waals surface area contributed by atoms with Crippen LogP contribution in [0.5, 0.6) is 0 Å². The second-order valence-corrected chi connectivity index (χ2v) is 7.84. The molecular formula is C18H24N2O. The Hall–Kier alpha value is -1.38. The Morgan fingerprint density at radius 2 is 1.90 bits per heavy atom. The summed E-state index contributed by atoms with van der Waals surface area (Å²) in [6.07, 6.45) is 16.5. The minimum atomic E-state index is 0.306. The Morgan fingerprint density at radius 3 is 2.43 bits per heavy atom. The monoisotopic (exact) mass is 284 g/mol. The van der Waals surface area contributed by atoms with E-state index in [2.05, 4.69) is 5.10 Å². The molecule has 4 fully saturated rings. The second kappa shape index (κ2) is 4.82. The Labute approximate surface area is 126 Å². The predicted molar refractivity (Wildman–Crippen MR) is 82.5 cm³/mol. The van der Waals surface area contributed by atoms with Gasteiger partial charge in [-0.1, -0.05) is 0 Å². The molecule has 3 heteroatoms. The Balaban J connectivity index is 1.43. The fourth-order valence-corrected chi connectivity index (χ4v) is 5.65. The van der Waals surface area contributed by atoms with E-state index in [9.17, 15) is 4.79 Å². The van der Waals surface area contributed by atoms with E-state index >= 15 is 0 Å². The molecule has 4 aliphatic rings. The van der Waals surface area contributed by atoms with Crippen molar-refractivity contribution < 1.29 is 4.79 Å². The quantitative estimate of drug-likeness (QED) is 0.792. The van der Waals surface area contributed by atoms with Crippen LogP contribution in [0.1, 0.15) is 50.5 Å². The summed E-state index contributed by atoms with van der Waals surface area (Å²) in [7, 11) is 1.90. The van der Waals surface area contributed by atoms with Gasteiger partial charge >= 0.3 is 0 Å². The fourth-order valence-electron chi connectivity index (χ4n) is 5.65. The van der Waals surface area contributed by atoms with Crippen LogP contribution in [0.3, 0.4) is 0 Å². The molecule has 0 radical (unpaired) electrons. The lowest BCUT2D eigenvalue weighted by atomic mass is 9.48. The van der Waals surface area contributed by atoms with Crippen LogP contribution in [0.25, 0.3) is 6.08 Å². The molecule has 4 bridgehead atoms. The lowest BCUT2D eigenvalue weighted by Crippen LogP contribution is -2.46. The van der Waals surface area contributed by atoms with Crippen LogP contribution in [0.2, 0.25) is 0 Å². The Morgan fingerprint density at radius 1 is 1.29 bits per heavy atom. The zero-order chi connectivity index (χ0) is 14.4. The van der Waals surface area contributed by atoms with Gasteiger partial charge < -0.3 is 0 Å². The molecule has 0 unspecified atom stereocenters. The van der Waals surface area contributed by atoms with E-state index in [1.807, 2.05) is 19.3 Å². The van der Waals surface area contributed by atoms with Crippen molar-refractivity contribution in [3.8, 4) is 0 Å². The van der Waals surface area contributed by atoms with Crippen LogP contribution >= 0.6 is 0 Å². The van der Waals surface area contributed by atoms with E-state index in [0.717, 1.165) is 29.7 Å². The second-order valence-electron chi connectivity index (χ2n) is 7.84. The van der Waals surface area contributed by atoms with Crippen LogP contribution in [0, 0.1) is 23.2 Å². The van der Waals surface area contributed by atoms with Gasteiger partial charge in [-0.05, 0) is 73.8 Å². The molecule has 3 nitrogen and oxygen atoms in total. The molecule has 0 spiro atoms. The van der Waals surface area contributed by atoms with Gasteiger partial charge in [0, 0.05) is 25.2 Å². The van der Waals surface area contributed by atoms with Gasteiger partial charge in [-0.3, -0.25) is 9.48 Å². The summed E-state index contributed by atoms with van der Waals surface area (Å²) in [5.74, 6) is 3.07. The normalized spacial score (nSPS) is 37.5. The summed E-state index contributed by atoms with van der Waals surface area (Å²) in [6.45, 7) is 0.